The highest BCUT2D eigenvalue weighted by molar-refractivity contribution is 5.88. The molecule has 0 bridgehead atoms. The molecule has 6 heteroatoms. The fourth-order valence-corrected chi connectivity index (χ4v) is 2.68. The van der Waals surface area contributed by atoms with Crippen LogP contribution < -0.4 is 5.32 Å². The van der Waals surface area contributed by atoms with Crippen molar-refractivity contribution in [3.05, 3.63) is 35.6 Å². The van der Waals surface area contributed by atoms with Gasteiger partial charge in [-0.15, -0.1) is 0 Å². The Morgan fingerprint density at radius 1 is 1.39 bits per heavy atom. The molecule has 1 atom stereocenters. The number of nitrogens with one attached hydrogen (secondary N) is 1. The number of carbonyl (C=O) groups excluding carboxylic acids is 1. The molecular weight excluding hydrogens is 301 g/mol. The van der Waals surface area contributed by atoms with Crippen molar-refractivity contribution in [2.24, 2.45) is 5.92 Å². The third-order valence-corrected chi connectivity index (χ3v) is 4.32. The Bertz CT molecular complexity index is 569. The van der Waals surface area contributed by atoms with Gasteiger partial charge in [-0.25, -0.2) is 9.18 Å². The zero-order valence-corrected chi connectivity index (χ0v) is 13.2. The number of carboxylic acid groups (broad SMARTS) is 1. The van der Waals surface area contributed by atoms with Gasteiger partial charge in [-0.1, -0.05) is 19.1 Å². The molecule has 1 aromatic rings. The quantitative estimate of drug-likeness (QED) is 0.841. The maximum absolute atomic E-state index is 13.1. The van der Waals surface area contributed by atoms with Gasteiger partial charge < -0.3 is 15.2 Å². The maximum Gasteiger partial charge on any atom is 0.329 e. The largest absolute Gasteiger partial charge is 0.480 e. The van der Waals surface area contributed by atoms with Crippen molar-refractivity contribution in [2.75, 3.05) is 13.2 Å². The summed E-state index contributed by atoms with van der Waals surface area (Å²) in [5.41, 5.74) is -0.411. The highest BCUT2D eigenvalue weighted by atomic mass is 19.1. The lowest BCUT2D eigenvalue weighted by Crippen LogP contribution is -2.58. The van der Waals surface area contributed by atoms with Crippen molar-refractivity contribution in [3.8, 4) is 0 Å². The van der Waals surface area contributed by atoms with Crippen LogP contribution in [-0.2, 0) is 20.7 Å². The van der Waals surface area contributed by atoms with Crippen LogP contribution in [0.2, 0.25) is 0 Å². The van der Waals surface area contributed by atoms with Gasteiger partial charge in [0.25, 0.3) is 0 Å². The molecule has 1 aromatic carbocycles. The summed E-state index contributed by atoms with van der Waals surface area (Å²) >= 11 is 0. The van der Waals surface area contributed by atoms with Gasteiger partial charge in [0.15, 0.2) is 0 Å². The molecule has 23 heavy (non-hydrogen) atoms. The number of amides is 1. The Morgan fingerprint density at radius 3 is 2.70 bits per heavy atom. The molecule has 0 spiro atoms. The standard InChI is InChI=1S/C17H22FNO4/c1-12(5-6-13-3-2-4-14(18)11-13)15(20)19-17(16(21)22)7-9-23-10-8-17/h2-4,11-12H,5-10H2,1H3,(H,19,20)(H,21,22). The first kappa shape index (κ1) is 17.4. The average Bonchev–Trinajstić information content (AvgIpc) is 2.53. The fourth-order valence-electron chi connectivity index (χ4n) is 2.68. The van der Waals surface area contributed by atoms with Crippen LogP contribution in [0.1, 0.15) is 31.7 Å². The third-order valence-electron chi connectivity index (χ3n) is 4.32. The number of hydrogen-bond donors (Lipinski definition) is 2. The van der Waals surface area contributed by atoms with Gasteiger partial charge in [0.2, 0.25) is 5.91 Å². The molecule has 1 amide bonds. The lowest BCUT2D eigenvalue weighted by molar-refractivity contribution is -0.152. The number of rotatable bonds is 6. The van der Waals surface area contributed by atoms with Crippen LogP contribution in [0.25, 0.3) is 0 Å². The van der Waals surface area contributed by atoms with Gasteiger partial charge in [0.1, 0.15) is 11.4 Å². The molecule has 2 N–H and O–H groups in total. The Kier molecular flexibility index (Phi) is 5.71. The van der Waals surface area contributed by atoms with Gasteiger partial charge in [-0.2, -0.15) is 0 Å². The van der Waals surface area contributed by atoms with Crippen molar-refractivity contribution in [3.63, 3.8) is 0 Å². The molecule has 1 aliphatic heterocycles. The summed E-state index contributed by atoms with van der Waals surface area (Å²) in [5.74, 6) is -1.96. The Labute approximate surface area is 134 Å². The zero-order chi connectivity index (χ0) is 16.9. The summed E-state index contributed by atoms with van der Waals surface area (Å²) in [6.07, 6.45) is 1.63. The number of aliphatic carboxylic acids is 1. The number of carboxylic acids is 1. The zero-order valence-electron chi connectivity index (χ0n) is 13.2. The summed E-state index contributed by atoms with van der Waals surface area (Å²) in [7, 11) is 0. The highest BCUT2D eigenvalue weighted by Gasteiger charge is 2.42. The molecular formula is C17H22FNO4. The molecule has 1 unspecified atom stereocenters. The van der Waals surface area contributed by atoms with Gasteiger partial charge in [0.05, 0.1) is 0 Å². The fraction of sp³-hybridized carbons (Fsp3) is 0.529. The first-order valence-corrected chi connectivity index (χ1v) is 7.80. The van der Waals surface area contributed by atoms with Crippen LogP contribution in [-0.4, -0.2) is 35.7 Å². The maximum atomic E-state index is 13.1. The van der Waals surface area contributed by atoms with Crippen LogP contribution in [0.5, 0.6) is 0 Å². The summed E-state index contributed by atoms with van der Waals surface area (Å²) < 4.78 is 18.3. The molecule has 126 valence electrons. The second-order valence-corrected chi connectivity index (χ2v) is 6.06. The van der Waals surface area contributed by atoms with Crippen molar-refractivity contribution >= 4 is 11.9 Å². The minimum atomic E-state index is -1.23. The molecule has 0 aromatic heterocycles. The predicted octanol–water partition coefficient (Wildman–Crippen LogP) is 2.14. The van der Waals surface area contributed by atoms with Gasteiger partial charge in [0, 0.05) is 32.0 Å². The van der Waals surface area contributed by atoms with E-state index in [9.17, 15) is 19.1 Å². The van der Waals surface area contributed by atoms with Gasteiger partial charge in [-0.05, 0) is 30.5 Å². The molecule has 1 heterocycles. The number of carbonyl (C=O) groups is 2. The van der Waals surface area contributed by atoms with E-state index in [1.165, 1.54) is 12.1 Å². The van der Waals surface area contributed by atoms with Crippen molar-refractivity contribution in [1.82, 2.24) is 5.32 Å². The van der Waals surface area contributed by atoms with Crippen LogP contribution in [0.4, 0.5) is 4.39 Å². The van der Waals surface area contributed by atoms with Crippen molar-refractivity contribution < 1.29 is 23.8 Å². The van der Waals surface area contributed by atoms with Crippen LogP contribution in [0.15, 0.2) is 24.3 Å². The monoisotopic (exact) mass is 323 g/mol. The van der Waals surface area contributed by atoms with E-state index in [2.05, 4.69) is 5.32 Å². The molecule has 5 nitrogen and oxygen atoms in total. The minimum Gasteiger partial charge on any atom is -0.480 e. The number of aryl methyl sites for hydroxylation is 1. The van der Waals surface area contributed by atoms with E-state index >= 15 is 0 Å². The molecule has 0 aliphatic carbocycles. The molecule has 1 fully saturated rings. The normalized spacial score (nSPS) is 18.2. The molecule has 0 radical (unpaired) electrons. The third kappa shape index (κ3) is 4.51. The number of benzene rings is 1. The molecule has 2 rings (SSSR count). The first-order valence-electron chi connectivity index (χ1n) is 7.80. The predicted molar refractivity (Wildman–Crippen MR) is 82.4 cm³/mol. The van der Waals surface area contributed by atoms with E-state index in [1.54, 1.807) is 13.0 Å². The van der Waals surface area contributed by atoms with Crippen molar-refractivity contribution in [2.45, 2.75) is 38.1 Å². The lowest BCUT2D eigenvalue weighted by Gasteiger charge is -2.34. The van der Waals surface area contributed by atoms with Gasteiger partial charge >= 0.3 is 5.97 Å². The van der Waals surface area contributed by atoms with Gasteiger partial charge in [-0.3, -0.25) is 4.79 Å². The minimum absolute atomic E-state index is 0.269. The summed E-state index contributed by atoms with van der Waals surface area (Å²) in [6.45, 7) is 2.40. The number of halogens is 1. The van der Waals surface area contributed by atoms with E-state index in [1.807, 2.05) is 6.07 Å². The van der Waals surface area contributed by atoms with E-state index in [0.29, 0.717) is 26.1 Å². The number of hydrogen-bond acceptors (Lipinski definition) is 3. The first-order chi connectivity index (χ1) is 10.9. The summed E-state index contributed by atoms with van der Waals surface area (Å²) in [6, 6.07) is 6.27. The lowest BCUT2D eigenvalue weighted by atomic mass is 9.89. The van der Waals surface area contributed by atoms with E-state index in [0.717, 1.165) is 5.56 Å². The Hall–Kier alpha value is -1.95. The van der Waals surface area contributed by atoms with E-state index in [4.69, 9.17) is 4.74 Å². The average molecular weight is 323 g/mol. The van der Waals surface area contributed by atoms with E-state index in [-0.39, 0.29) is 30.5 Å². The molecule has 1 aliphatic rings. The highest BCUT2D eigenvalue weighted by Crippen LogP contribution is 2.22. The topological polar surface area (TPSA) is 75.6 Å². The SMILES string of the molecule is CC(CCc1cccc(F)c1)C(=O)NC1(C(=O)O)CCOCC1. The Morgan fingerprint density at radius 2 is 2.09 bits per heavy atom. The second-order valence-electron chi connectivity index (χ2n) is 6.06. The molecule has 0 saturated carbocycles. The number of ether oxygens (including phenoxy) is 1. The smallest absolute Gasteiger partial charge is 0.329 e. The van der Waals surface area contributed by atoms with Crippen LogP contribution in [0, 0.1) is 11.7 Å². The van der Waals surface area contributed by atoms with Crippen LogP contribution >= 0.6 is 0 Å². The second kappa shape index (κ2) is 7.55. The summed E-state index contributed by atoms with van der Waals surface area (Å²) in [4.78, 5) is 23.9. The summed E-state index contributed by atoms with van der Waals surface area (Å²) in [5, 5.41) is 12.1. The Balaban J connectivity index is 1.92. The van der Waals surface area contributed by atoms with E-state index < -0.39 is 11.5 Å². The molecule has 1 saturated heterocycles. The van der Waals surface area contributed by atoms with Crippen LogP contribution in [0.3, 0.4) is 0 Å². The van der Waals surface area contributed by atoms with Crippen molar-refractivity contribution in [1.29, 1.82) is 0 Å².